The van der Waals surface area contributed by atoms with Crippen molar-refractivity contribution < 1.29 is 53.8 Å². The van der Waals surface area contributed by atoms with Crippen molar-refractivity contribution in [2.75, 3.05) is 13.2 Å². The van der Waals surface area contributed by atoms with Gasteiger partial charge in [0.25, 0.3) is 0 Å². The number of carboxylic acid groups (broad SMARTS) is 1. The van der Waals surface area contributed by atoms with E-state index >= 15 is 0 Å². The molecule has 1 aliphatic heterocycles. The summed E-state index contributed by atoms with van der Waals surface area (Å²) in [6.07, 6.45) is 41.3. The fourth-order valence-electron chi connectivity index (χ4n) is 7.04. The van der Waals surface area contributed by atoms with Crippen LogP contribution >= 0.6 is 0 Å². The molecule has 1 rings (SSSR count). The fourth-order valence-corrected chi connectivity index (χ4v) is 7.04. The summed E-state index contributed by atoms with van der Waals surface area (Å²) in [6, 6.07) is 0. The van der Waals surface area contributed by atoms with Gasteiger partial charge < -0.3 is 39.4 Å². The maximum atomic E-state index is 12.8. The molecule has 6 atom stereocenters. The van der Waals surface area contributed by atoms with E-state index in [9.17, 15) is 34.8 Å². The molecule has 0 aromatic heterocycles. The highest BCUT2D eigenvalue weighted by molar-refractivity contribution is 5.73. The van der Waals surface area contributed by atoms with Crippen LogP contribution in [0.4, 0.5) is 0 Å². The SMILES string of the molecule is CC/C=C\C/C=C\C/C=C\C/C=C\CCCCCCCCCCCCC(=O)OCC(COC1OC(C(=O)O)C(O)C(O)C1O)OC(=O)CCCCCCC/C=C\CCCCCC. The first-order valence-electron chi connectivity index (χ1n) is 24.3. The van der Waals surface area contributed by atoms with Crippen LogP contribution in [-0.4, -0.2) is 88.4 Å². The molecule has 0 aromatic carbocycles. The predicted octanol–water partition coefficient (Wildman–Crippen LogP) is 11.1. The normalized spacial score (nSPS) is 20.0. The number of hydrogen-bond donors (Lipinski definition) is 4. The molecule has 1 aliphatic rings. The number of aliphatic hydroxyl groups excluding tert-OH is 3. The van der Waals surface area contributed by atoms with Gasteiger partial charge in [0.05, 0.1) is 6.61 Å². The minimum absolute atomic E-state index is 0.170. The Morgan fingerprint density at radius 2 is 0.952 bits per heavy atom. The highest BCUT2D eigenvalue weighted by Gasteiger charge is 2.47. The van der Waals surface area contributed by atoms with Crippen molar-refractivity contribution in [1.82, 2.24) is 0 Å². The Kier molecular flexibility index (Phi) is 37.3. The molecule has 0 spiro atoms. The monoisotopic (exact) mass is 875 g/mol. The van der Waals surface area contributed by atoms with Crippen LogP contribution in [-0.2, 0) is 33.3 Å². The van der Waals surface area contributed by atoms with E-state index in [1.54, 1.807) is 0 Å². The molecule has 0 amide bonds. The van der Waals surface area contributed by atoms with E-state index in [2.05, 4.69) is 74.6 Å². The summed E-state index contributed by atoms with van der Waals surface area (Å²) in [5.41, 5.74) is 0. The standard InChI is InChI=1S/C51H86O11/c1-3-5-7-9-11-13-15-17-18-19-20-21-22-23-24-25-26-28-29-31-33-35-37-39-44(52)59-41-43(42-60-51-48(56)46(54)47(55)49(62-51)50(57)58)61-45(53)40-38-36-34-32-30-27-16-14-12-10-8-6-4-2/h5,7,11,13-14,16-18,20-21,43,46-49,51,54-56H,3-4,6,8-10,12,15,19,22-42H2,1-2H3,(H,57,58)/b7-5-,13-11-,16-14-,18-17-,21-20-. The molecule has 0 saturated carbocycles. The van der Waals surface area contributed by atoms with Crippen LogP contribution in [0.1, 0.15) is 194 Å². The van der Waals surface area contributed by atoms with Crippen molar-refractivity contribution in [2.24, 2.45) is 0 Å². The number of aliphatic hydroxyl groups is 3. The summed E-state index contributed by atoms with van der Waals surface area (Å²) in [7, 11) is 0. The average molecular weight is 875 g/mol. The summed E-state index contributed by atoms with van der Waals surface area (Å²) in [5.74, 6) is -2.46. The smallest absolute Gasteiger partial charge is 0.335 e. The lowest BCUT2D eigenvalue weighted by atomic mass is 9.99. The Morgan fingerprint density at radius 1 is 0.516 bits per heavy atom. The molecule has 1 heterocycles. The molecule has 11 nitrogen and oxygen atoms in total. The van der Waals surface area contributed by atoms with Crippen molar-refractivity contribution in [2.45, 2.75) is 230 Å². The summed E-state index contributed by atoms with van der Waals surface area (Å²) in [4.78, 5) is 36.9. The van der Waals surface area contributed by atoms with E-state index in [1.807, 2.05) is 0 Å². The highest BCUT2D eigenvalue weighted by atomic mass is 16.7. The third-order valence-electron chi connectivity index (χ3n) is 10.9. The number of allylic oxidation sites excluding steroid dienone is 10. The molecule has 0 bridgehead atoms. The van der Waals surface area contributed by atoms with Gasteiger partial charge in [0.2, 0.25) is 0 Å². The maximum Gasteiger partial charge on any atom is 0.335 e. The third-order valence-corrected chi connectivity index (χ3v) is 10.9. The van der Waals surface area contributed by atoms with Crippen molar-refractivity contribution in [1.29, 1.82) is 0 Å². The summed E-state index contributed by atoms with van der Waals surface area (Å²) in [6.45, 7) is 3.68. The van der Waals surface area contributed by atoms with Gasteiger partial charge in [-0.05, 0) is 77.0 Å². The number of rotatable bonds is 40. The van der Waals surface area contributed by atoms with Gasteiger partial charge in [-0.25, -0.2) is 4.79 Å². The molecular formula is C51H86O11. The van der Waals surface area contributed by atoms with Crippen LogP contribution in [0.25, 0.3) is 0 Å². The first-order valence-corrected chi connectivity index (χ1v) is 24.3. The second-order valence-electron chi connectivity index (χ2n) is 16.6. The number of unbranched alkanes of at least 4 members (excludes halogenated alkanes) is 19. The molecule has 11 heteroatoms. The van der Waals surface area contributed by atoms with Crippen molar-refractivity contribution in [3.05, 3.63) is 60.8 Å². The highest BCUT2D eigenvalue weighted by Crippen LogP contribution is 2.23. The van der Waals surface area contributed by atoms with Crippen LogP contribution in [0.15, 0.2) is 60.8 Å². The minimum Gasteiger partial charge on any atom is -0.479 e. The summed E-state index contributed by atoms with van der Waals surface area (Å²) < 4.78 is 21.8. The molecule has 0 aliphatic carbocycles. The zero-order valence-electron chi connectivity index (χ0n) is 38.6. The number of aliphatic carboxylic acids is 1. The molecule has 0 radical (unpaired) electrons. The lowest BCUT2D eigenvalue weighted by Gasteiger charge is -2.38. The van der Waals surface area contributed by atoms with E-state index in [0.29, 0.717) is 12.8 Å². The molecule has 356 valence electrons. The van der Waals surface area contributed by atoms with E-state index in [-0.39, 0.29) is 19.4 Å². The summed E-state index contributed by atoms with van der Waals surface area (Å²) >= 11 is 0. The first-order chi connectivity index (χ1) is 30.2. The molecule has 0 aromatic rings. The Balaban J connectivity index is 2.29. The second-order valence-corrected chi connectivity index (χ2v) is 16.6. The quantitative estimate of drug-likeness (QED) is 0.0263. The number of ether oxygens (including phenoxy) is 4. The molecule has 1 fully saturated rings. The van der Waals surface area contributed by atoms with Crippen molar-refractivity contribution in [3.8, 4) is 0 Å². The van der Waals surface area contributed by atoms with Crippen LogP contribution in [0.2, 0.25) is 0 Å². The first kappa shape index (κ1) is 56.9. The van der Waals surface area contributed by atoms with Gasteiger partial charge in [0.15, 0.2) is 18.5 Å². The largest absolute Gasteiger partial charge is 0.479 e. The second kappa shape index (κ2) is 40.7. The number of carbonyl (C=O) groups is 3. The van der Waals surface area contributed by atoms with Crippen LogP contribution in [0.3, 0.4) is 0 Å². The molecule has 6 unspecified atom stereocenters. The number of carboxylic acids is 1. The third kappa shape index (κ3) is 31.7. The van der Waals surface area contributed by atoms with Gasteiger partial charge in [-0.2, -0.15) is 0 Å². The van der Waals surface area contributed by atoms with Crippen LogP contribution in [0.5, 0.6) is 0 Å². The van der Waals surface area contributed by atoms with Gasteiger partial charge >= 0.3 is 17.9 Å². The molecule has 4 N–H and O–H groups in total. The minimum atomic E-state index is -1.86. The maximum absolute atomic E-state index is 12.8. The topological polar surface area (TPSA) is 169 Å². The number of esters is 2. The average Bonchev–Trinajstić information content (AvgIpc) is 3.26. The van der Waals surface area contributed by atoms with Gasteiger partial charge in [0.1, 0.15) is 24.9 Å². The Bertz CT molecular complexity index is 1260. The Labute approximate surface area is 375 Å². The van der Waals surface area contributed by atoms with Crippen molar-refractivity contribution in [3.63, 3.8) is 0 Å². The van der Waals surface area contributed by atoms with Crippen LogP contribution in [0, 0.1) is 0 Å². The lowest BCUT2D eigenvalue weighted by molar-refractivity contribution is -0.298. The van der Waals surface area contributed by atoms with E-state index in [1.165, 1.54) is 64.2 Å². The van der Waals surface area contributed by atoms with Crippen molar-refractivity contribution >= 4 is 17.9 Å². The van der Waals surface area contributed by atoms with Crippen LogP contribution < -0.4 is 0 Å². The Morgan fingerprint density at radius 3 is 1.45 bits per heavy atom. The summed E-state index contributed by atoms with van der Waals surface area (Å²) in [5, 5.41) is 39.9. The Hall–Kier alpha value is -3.09. The van der Waals surface area contributed by atoms with E-state index in [4.69, 9.17) is 18.9 Å². The van der Waals surface area contributed by atoms with Gasteiger partial charge in [-0.1, -0.05) is 164 Å². The predicted molar refractivity (Wildman–Crippen MR) is 247 cm³/mol. The molecular weight excluding hydrogens is 789 g/mol. The fraction of sp³-hybridized carbons (Fsp3) is 0.745. The number of hydrogen-bond acceptors (Lipinski definition) is 10. The number of carbonyl (C=O) groups excluding carboxylic acids is 2. The lowest BCUT2D eigenvalue weighted by Crippen LogP contribution is -2.60. The van der Waals surface area contributed by atoms with Gasteiger partial charge in [0, 0.05) is 12.8 Å². The molecule has 62 heavy (non-hydrogen) atoms. The van der Waals surface area contributed by atoms with Gasteiger partial charge in [-0.15, -0.1) is 0 Å². The van der Waals surface area contributed by atoms with Gasteiger partial charge in [-0.3, -0.25) is 9.59 Å². The zero-order chi connectivity index (χ0) is 45.3. The molecule has 1 saturated heterocycles. The van der Waals surface area contributed by atoms with E-state index in [0.717, 1.165) is 89.9 Å². The zero-order valence-corrected chi connectivity index (χ0v) is 38.6. The van der Waals surface area contributed by atoms with E-state index < -0.39 is 61.3 Å².